The van der Waals surface area contributed by atoms with Crippen molar-refractivity contribution in [2.24, 2.45) is 0 Å². The summed E-state index contributed by atoms with van der Waals surface area (Å²) in [5.41, 5.74) is 0.899. The van der Waals surface area contributed by atoms with Crippen molar-refractivity contribution in [1.82, 2.24) is 9.88 Å². The molecule has 2 heterocycles. The molecule has 1 aliphatic rings. The number of hydrogen-bond donors (Lipinski definition) is 0. The number of piperidine rings is 1. The Bertz CT molecular complexity index is 766. The Balaban J connectivity index is 1.57. The zero-order chi connectivity index (χ0) is 16.9. The molecule has 1 amide bonds. The molecule has 0 bridgehead atoms. The van der Waals surface area contributed by atoms with Crippen LogP contribution >= 0.6 is 11.6 Å². The van der Waals surface area contributed by atoms with E-state index in [0.29, 0.717) is 35.1 Å². The van der Waals surface area contributed by atoms with Crippen LogP contribution < -0.4 is 4.74 Å². The second kappa shape index (κ2) is 7.33. The standard InChI is InChI=1S/C18H16ClN3O2/c19-16-11-15(5-4-13(16)12-20)24-14-6-9-22(10-7-14)18(23)17-3-1-2-8-21-17/h1-5,8,11,14H,6-7,9-10H2. The summed E-state index contributed by atoms with van der Waals surface area (Å²) < 4.78 is 5.92. The summed E-state index contributed by atoms with van der Waals surface area (Å²) in [6.07, 6.45) is 3.14. The highest BCUT2D eigenvalue weighted by Gasteiger charge is 2.25. The van der Waals surface area contributed by atoms with E-state index < -0.39 is 0 Å². The van der Waals surface area contributed by atoms with Gasteiger partial charge in [-0.1, -0.05) is 17.7 Å². The minimum Gasteiger partial charge on any atom is -0.490 e. The summed E-state index contributed by atoms with van der Waals surface area (Å²) in [6, 6.07) is 12.4. The predicted octanol–water partition coefficient (Wildman–Crippen LogP) is 3.29. The molecule has 5 nitrogen and oxygen atoms in total. The summed E-state index contributed by atoms with van der Waals surface area (Å²) >= 11 is 6.02. The first-order valence-electron chi connectivity index (χ1n) is 7.74. The molecule has 1 fully saturated rings. The summed E-state index contributed by atoms with van der Waals surface area (Å²) in [4.78, 5) is 18.3. The number of ether oxygens (including phenoxy) is 1. The van der Waals surface area contributed by atoms with Crippen molar-refractivity contribution in [1.29, 1.82) is 5.26 Å². The highest BCUT2D eigenvalue weighted by atomic mass is 35.5. The maximum Gasteiger partial charge on any atom is 0.272 e. The van der Waals surface area contributed by atoms with Crippen LogP contribution in [0, 0.1) is 11.3 Å². The molecule has 0 spiro atoms. The fourth-order valence-electron chi connectivity index (χ4n) is 2.68. The number of likely N-dealkylation sites (tertiary alicyclic amines) is 1. The third kappa shape index (κ3) is 3.66. The van der Waals surface area contributed by atoms with Gasteiger partial charge in [0, 0.05) is 38.2 Å². The first-order chi connectivity index (χ1) is 11.7. The van der Waals surface area contributed by atoms with Crippen LogP contribution in [0.4, 0.5) is 0 Å². The number of carbonyl (C=O) groups is 1. The van der Waals surface area contributed by atoms with Crippen molar-refractivity contribution >= 4 is 17.5 Å². The molecule has 1 aromatic carbocycles. The fraction of sp³-hybridized carbons (Fsp3) is 0.278. The molecule has 0 N–H and O–H groups in total. The monoisotopic (exact) mass is 341 g/mol. The number of hydrogen-bond acceptors (Lipinski definition) is 4. The highest BCUT2D eigenvalue weighted by Crippen LogP contribution is 2.25. The zero-order valence-corrected chi connectivity index (χ0v) is 13.7. The number of nitriles is 1. The number of rotatable bonds is 3. The molecule has 1 aliphatic heterocycles. The van der Waals surface area contributed by atoms with Gasteiger partial charge in [0.2, 0.25) is 0 Å². The Labute approximate surface area is 145 Å². The molecule has 0 aliphatic carbocycles. The number of aromatic nitrogens is 1. The molecule has 0 radical (unpaired) electrons. The molecule has 24 heavy (non-hydrogen) atoms. The quantitative estimate of drug-likeness (QED) is 0.859. The Morgan fingerprint density at radius 2 is 2.08 bits per heavy atom. The lowest BCUT2D eigenvalue weighted by Gasteiger charge is -2.32. The van der Waals surface area contributed by atoms with Crippen LogP contribution in [0.2, 0.25) is 5.02 Å². The smallest absolute Gasteiger partial charge is 0.272 e. The van der Waals surface area contributed by atoms with Gasteiger partial charge in [0.15, 0.2) is 0 Å². The average Bonchev–Trinajstić information content (AvgIpc) is 2.63. The van der Waals surface area contributed by atoms with E-state index in [1.165, 1.54) is 0 Å². The van der Waals surface area contributed by atoms with Crippen molar-refractivity contribution < 1.29 is 9.53 Å². The molecule has 0 saturated carbocycles. The van der Waals surface area contributed by atoms with Gasteiger partial charge in [0.25, 0.3) is 5.91 Å². The van der Waals surface area contributed by atoms with Crippen LogP contribution in [0.3, 0.4) is 0 Å². The van der Waals surface area contributed by atoms with Crippen LogP contribution in [-0.2, 0) is 0 Å². The normalized spacial score (nSPS) is 14.9. The van der Waals surface area contributed by atoms with Gasteiger partial charge in [0.1, 0.15) is 23.6 Å². The van der Waals surface area contributed by atoms with Gasteiger partial charge < -0.3 is 9.64 Å². The van der Waals surface area contributed by atoms with Crippen molar-refractivity contribution in [2.45, 2.75) is 18.9 Å². The van der Waals surface area contributed by atoms with E-state index in [2.05, 4.69) is 4.98 Å². The van der Waals surface area contributed by atoms with Gasteiger partial charge in [-0.3, -0.25) is 9.78 Å². The lowest BCUT2D eigenvalue weighted by atomic mass is 10.1. The van der Waals surface area contributed by atoms with E-state index in [9.17, 15) is 4.79 Å². The molecule has 122 valence electrons. The van der Waals surface area contributed by atoms with Crippen LogP contribution in [0.1, 0.15) is 28.9 Å². The summed E-state index contributed by atoms with van der Waals surface area (Å²) in [6.45, 7) is 1.26. The number of nitrogens with zero attached hydrogens (tertiary/aromatic N) is 3. The van der Waals surface area contributed by atoms with E-state index >= 15 is 0 Å². The minimum atomic E-state index is -0.0459. The van der Waals surface area contributed by atoms with Crippen molar-refractivity contribution in [3.63, 3.8) is 0 Å². The van der Waals surface area contributed by atoms with E-state index in [0.717, 1.165) is 12.8 Å². The maximum atomic E-state index is 12.4. The average molecular weight is 342 g/mol. The molecule has 2 aromatic rings. The Morgan fingerprint density at radius 3 is 2.71 bits per heavy atom. The first-order valence-corrected chi connectivity index (χ1v) is 8.12. The molecule has 0 unspecified atom stereocenters. The largest absolute Gasteiger partial charge is 0.490 e. The number of pyridine rings is 1. The van der Waals surface area contributed by atoms with Crippen LogP contribution in [0.15, 0.2) is 42.6 Å². The van der Waals surface area contributed by atoms with E-state index in [-0.39, 0.29) is 12.0 Å². The number of benzene rings is 1. The molecule has 6 heteroatoms. The maximum absolute atomic E-state index is 12.4. The number of halogens is 1. The predicted molar refractivity (Wildman–Crippen MR) is 90.0 cm³/mol. The van der Waals surface area contributed by atoms with E-state index in [1.807, 2.05) is 12.1 Å². The van der Waals surface area contributed by atoms with E-state index in [1.54, 1.807) is 41.4 Å². The van der Waals surface area contributed by atoms with Gasteiger partial charge in [-0.05, 0) is 24.3 Å². The second-order valence-corrected chi connectivity index (χ2v) is 5.99. The summed E-state index contributed by atoms with van der Waals surface area (Å²) in [5.74, 6) is 0.601. The van der Waals surface area contributed by atoms with Gasteiger partial charge in [-0.2, -0.15) is 5.26 Å². The molecule has 0 atom stereocenters. The lowest BCUT2D eigenvalue weighted by Crippen LogP contribution is -2.42. The van der Waals surface area contributed by atoms with Gasteiger partial charge in [-0.15, -0.1) is 0 Å². The number of carbonyl (C=O) groups excluding carboxylic acids is 1. The van der Waals surface area contributed by atoms with Crippen LogP contribution in [-0.4, -0.2) is 35.0 Å². The fourth-order valence-corrected chi connectivity index (χ4v) is 2.89. The molecule has 3 rings (SSSR count). The first kappa shape index (κ1) is 16.3. The number of amides is 1. The molecule has 1 saturated heterocycles. The van der Waals surface area contributed by atoms with Gasteiger partial charge in [0.05, 0.1) is 10.6 Å². The van der Waals surface area contributed by atoms with Gasteiger partial charge in [-0.25, -0.2) is 0 Å². The Hall–Kier alpha value is -2.58. The van der Waals surface area contributed by atoms with E-state index in [4.69, 9.17) is 21.6 Å². The zero-order valence-electron chi connectivity index (χ0n) is 13.0. The molecule has 1 aromatic heterocycles. The highest BCUT2D eigenvalue weighted by molar-refractivity contribution is 6.31. The van der Waals surface area contributed by atoms with Crippen molar-refractivity contribution in [3.8, 4) is 11.8 Å². The van der Waals surface area contributed by atoms with Crippen LogP contribution in [0.5, 0.6) is 5.75 Å². The van der Waals surface area contributed by atoms with Crippen molar-refractivity contribution in [2.75, 3.05) is 13.1 Å². The second-order valence-electron chi connectivity index (χ2n) is 5.58. The summed E-state index contributed by atoms with van der Waals surface area (Å²) in [7, 11) is 0. The minimum absolute atomic E-state index is 0.0294. The lowest BCUT2D eigenvalue weighted by molar-refractivity contribution is 0.0590. The van der Waals surface area contributed by atoms with Gasteiger partial charge >= 0.3 is 0 Å². The Kier molecular flexibility index (Phi) is 4.97. The third-order valence-corrected chi connectivity index (χ3v) is 4.29. The molecular formula is C18H16ClN3O2. The SMILES string of the molecule is N#Cc1ccc(OC2CCN(C(=O)c3ccccn3)CC2)cc1Cl. The Morgan fingerprint density at radius 1 is 1.29 bits per heavy atom. The summed E-state index contributed by atoms with van der Waals surface area (Å²) in [5, 5.41) is 9.27. The van der Waals surface area contributed by atoms with Crippen molar-refractivity contribution in [3.05, 3.63) is 58.9 Å². The molecular weight excluding hydrogens is 326 g/mol. The van der Waals surface area contributed by atoms with Crippen LogP contribution in [0.25, 0.3) is 0 Å². The third-order valence-electron chi connectivity index (χ3n) is 3.98. The topological polar surface area (TPSA) is 66.2 Å².